The highest BCUT2D eigenvalue weighted by Crippen LogP contribution is 2.28. The predicted octanol–water partition coefficient (Wildman–Crippen LogP) is 3.67. The standard InChI is InChI=1S/C16H13BrN2O/c17-12-3-1-2-10(6-12)16-9-14(20)8-11-7-13(18)4-5-15(11)19-16/h1-7H,8-9,18H2. The first-order valence-corrected chi connectivity index (χ1v) is 7.15. The first-order valence-electron chi connectivity index (χ1n) is 6.35. The molecule has 0 amide bonds. The van der Waals surface area contributed by atoms with Crippen LogP contribution in [0.5, 0.6) is 0 Å². The van der Waals surface area contributed by atoms with Crippen molar-refractivity contribution >= 4 is 38.8 Å². The van der Waals surface area contributed by atoms with Crippen molar-refractivity contribution < 1.29 is 4.79 Å². The number of benzene rings is 2. The van der Waals surface area contributed by atoms with Crippen molar-refractivity contribution in [1.82, 2.24) is 0 Å². The number of carbonyl (C=O) groups is 1. The summed E-state index contributed by atoms with van der Waals surface area (Å²) in [7, 11) is 0. The number of ketones is 1. The van der Waals surface area contributed by atoms with Crippen LogP contribution in [0.2, 0.25) is 0 Å². The summed E-state index contributed by atoms with van der Waals surface area (Å²) in [6.07, 6.45) is 0.742. The Kier molecular flexibility index (Phi) is 3.40. The van der Waals surface area contributed by atoms with Crippen molar-refractivity contribution in [3.05, 3.63) is 58.1 Å². The van der Waals surface area contributed by atoms with E-state index in [9.17, 15) is 4.79 Å². The number of fused-ring (bicyclic) bond motifs is 1. The molecule has 2 N–H and O–H groups in total. The minimum atomic E-state index is 0.160. The minimum absolute atomic E-state index is 0.160. The molecule has 0 saturated heterocycles. The highest BCUT2D eigenvalue weighted by Gasteiger charge is 2.17. The van der Waals surface area contributed by atoms with E-state index in [1.165, 1.54) is 0 Å². The Balaban J connectivity index is 2.11. The van der Waals surface area contributed by atoms with E-state index in [2.05, 4.69) is 20.9 Å². The molecule has 0 fully saturated rings. The number of rotatable bonds is 1. The fraction of sp³-hybridized carbons (Fsp3) is 0.125. The van der Waals surface area contributed by atoms with Gasteiger partial charge in [-0.05, 0) is 41.5 Å². The molecule has 2 aromatic carbocycles. The summed E-state index contributed by atoms with van der Waals surface area (Å²) in [6.45, 7) is 0. The van der Waals surface area contributed by atoms with E-state index in [-0.39, 0.29) is 5.78 Å². The Bertz CT molecular complexity index is 722. The number of nitrogens with two attached hydrogens (primary N) is 1. The fourth-order valence-electron chi connectivity index (χ4n) is 2.34. The molecule has 0 aromatic heterocycles. The smallest absolute Gasteiger partial charge is 0.143 e. The molecule has 0 unspecified atom stereocenters. The summed E-state index contributed by atoms with van der Waals surface area (Å²) in [5.41, 5.74) is 9.95. The number of hydrogen-bond acceptors (Lipinski definition) is 3. The maximum absolute atomic E-state index is 12.1. The molecular formula is C16H13BrN2O. The van der Waals surface area contributed by atoms with Gasteiger partial charge in [0.25, 0.3) is 0 Å². The van der Waals surface area contributed by atoms with Gasteiger partial charge in [-0.15, -0.1) is 0 Å². The van der Waals surface area contributed by atoms with Crippen LogP contribution in [-0.4, -0.2) is 11.5 Å². The molecule has 3 rings (SSSR count). The van der Waals surface area contributed by atoms with Crippen LogP contribution in [0.1, 0.15) is 17.5 Å². The Hall–Kier alpha value is -1.94. The molecule has 0 bridgehead atoms. The molecule has 0 radical (unpaired) electrons. The monoisotopic (exact) mass is 328 g/mol. The zero-order valence-electron chi connectivity index (χ0n) is 10.8. The summed E-state index contributed by atoms with van der Waals surface area (Å²) in [5.74, 6) is 0.160. The molecule has 0 saturated carbocycles. The molecule has 1 aliphatic heterocycles. The summed E-state index contributed by atoms with van der Waals surface area (Å²) in [6, 6.07) is 13.4. The largest absolute Gasteiger partial charge is 0.399 e. The number of halogens is 1. The van der Waals surface area contributed by atoms with Gasteiger partial charge in [0.05, 0.1) is 11.4 Å². The zero-order chi connectivity index (χ0) is 14.1. The van der Waals surface area contributed by atoms with Crippen LogP contribution in [0.15, 0.2) is 51.9 Å². The van der Waals surface area contributed by atoms with Gasteiger partial charge in [0.1, 0.15) is 5.78 Å². The van der Waals surface area contributed by atoms with Crippen LogP contribution >= 0.6 is 15.9 Å². The first-order chi connectivity index (χ1) is 9.61. The number of nitrogens with zero attached hydrogens (tertiary/aromatic N) is 1. The van der Waals surface area contributed by atoms with Gasteiger partial charge in [-0.1, -0.05) is 28.1 Å². The number of nitrogen functional groups attached to an aromatic ring is 1. The maximum atomic E-state index is 12.1. The lowest BCUT2D eigenvalue weighted by Gasteiger charge is -2.04. The van der Waals surface area contributed by atoms with Gasteiger partial charge in [0.2, 0.25) is 0 Å². The second-order valence-electron chi connectivity index (χ2n) is 4.85. The highest BCUT2D eigenvalue weighted by molar-refractivity contribution is 9.10. The zero-order valence-corrected chi connectivity index (χ0v) is 12.4. The Morgan fingerprint density at radius 1 is 1.10 bits per heavy atom. The SMILES string of the molecule is Nc1ccc2c(c1)CC(=O)CC(c1cccc(Br)c1)=N2. The highest BCUT2D eigenvalue weighted by atomic mass is 79.9. The lowest BCUT2D eigenvalue weighted by Crippen LogP contribution is -2.09. The molecule has 2 aromatic rings. The molecule has 4 heteroatoms. The van der Waals surface area contributed by atoms with Gasteiger partial charge < -0.3 is 5.73 Å². The predicted molar refractivity (Wildman–Crippen MR) is 84.5 cm³/mol. The molecule has 1 heterocycles. The molecule has 0 atom stereocenters. The van der Waals surface area contributed by atoms with E-state index in [4.69, 9.17) is 5.73 Å². The normalized spacial score (nSPS) is 14.4. The Labute approximate surface area is 125 Å². The van der Waals surface area contributed by atoms with Crippen molar-refractivity contribution in [2.75, 3.05) is 5.73 Å². The molecule has 20 heavy (non-hydrogen) atoms. The Morgan fingerprint density at radius 2 is 1.95 bits per heavy atom. The molecule has 3 nitrogen and oxygen atoms in total. The quantitative estimate of drug-likeness (QED) is 0.812. The number of anilines is 1. The van der Waals surface area contributed by atoms with E-state index >= 15 is 0 Å². The van der Waals surface area contributed by atoms with Crippen LogP contribution in [0.4, 0.5) is 11.4 Å². The van der Waals surface area contributed by atoms with Crippen molar-refractivity contribution in [1.29, 1.82) is 0 Å². The van der Waals surface area contributed by atoms with Crippen LogP contribution in [-0.2, 0) is 11.2 Å². The minimum Gasteiger partial charge on any atom is -0.399 e. The Morgan fingerprint density at radius 3 is 2.75 bits per heavy atom. The fourth-order valence-corrected chi connectivity index (χ4v) is 2.74. The lowest BCUT2D eigenvalue weighted by molar-refractivity contribution is -0.117. The number of Topliss-reactive ketones (excluding diaryl/α,β-unsaturated/α-hetero) is 1. The molecule has 1 aliphatic rings. The van der Waals surface area contributed by atoms with Gasteiger partial charge >= 0.3 is 0 Å². The second kappa shape index (κ2) is 5.21. The molecular weight excluding hydrogens is 316 g/mol. The third-order valence-electron chi connectivity index (χ3n) is 3.27. The van der Waals surface area contributed by atoms with Gasteiger partial charge in [-0.2, -0.15) is 0 Å². The average molecular weight is 329 g/mol. The van der Waals surface area contributed by atoms with Crippen molar-refractivity contribution in [2.45, 2.75) is 12.8 Å². The number of hydrogen-bond donors (Lipinski definition) is 1. The molecule has 0 aliphatic carbocycles. The molecule has 0 spiro atoms. The third kappa shape index (κ3) is 2.65. The maximum Gasteiger partial charge on any atom is 0.143 e. The second-order valence-corrected chi connectivity index (χ2v) is 5.76. The average Bonchev–Trinajstić information content (AvgIpc) is 2.56. The van der Waals surface area contributed by atoms with Gasteiger partial charge in [-0.25, -0.2) is 0 Å². The van der Waals surface area contributed by atoms with Crippen LogP contribution in [0.3, 0.4) is 0 Å². The number of aliphatic imine (C=N–C) groups is 1. The summed E-state index contributed by atoms with van der Waals surface area (Å²) >= 11 is 3.45. The van der Waals surface area contributed by atoms with Crippen molar-refractivity contribution in [3.63, 3.8) is 0 Å². The topological polar surface area (TPSA) is 55.5 Å². The van der Waals surface area contributed by atoms with E-state index in [0.717, 1.165) is 27.0 Å². The van der Waals surface area contributed by atoms with Gasteiger partial charge in [0, 0.05) is 23.0 Å². The summed E-state index contributed by atoms with van der Waals surface area (Å²) in [5, 5.41) is 0. The third-order valence-corrected chi connectivity index (χ3v) is 3.76. The van der Waals surface area contributed by atoms with E-state index in [1.54, 1.807) is 0 Å². The number of carbonyl (C=O) groups excluding carboxylic acids is 1. The van der Waals surface area contributed by atoms with Crippen LogP contribution in [0.25, 0.3) is 0 Å². The van der Waals surface area contributed by atoms with E-state index in [1.807, 2.05) is 42.5 Å². The molecule has 100 valence electrons. The van der Waals surface area contributed by atoms with E-state index in [0.29, 0.717) is 18.5 Å². The van der Waals surface area contributed by atoms with Crippen molar-refractivity contribution in [3.8, 4) is 0 Å². The van der Waals surface area contributed by atoms with Crippen LogP contribution in [0, 0.1) is 0 Å². The van der Waals surface area contributed by atoms with Gasteiger partial charge in [-0.3, -0.25) is 9.79 Å². The first kappa shape index (κ1) is 13.1. The lowest BCUT2D eigenvalue weighted by atomic mass is 10.0. The van der Waals surface area contributed by atoms with Crippen LogP contribution < -0.4 is 5.73 Å². The summed E-state index contributed by atoms with van der Waals surface area (Å²) in [4.78, 5) is 16.8. The van der Waals surface area contributed by atoms with Crippen molar-refractivity contribution in [2.24, 2.45) is 4.99 Å². The van der Waals surface area contributed by atoms with E-state index < -0.39 is 0 Å². The summed E-state index contributed by atoms with van der Waals surface area (Å²) < 4.78 is 0.979. The van der Waals surface area contributed by atoms with Gasteiger partial charge in [0.15, 0.2) is 0 Å².